The van der Waals surface area contributed by atoms with Crippen LogP contribution in [0.25, 0.3) is 11.3 Å². The molecule has 0 bridgehead atoms. The number of thiocarbonyl (C=S) groups is 1. The lowest BCUT2D eigenvalue weighted by molar-refractivity contribution is -0.118. The van der Waals surface area contributed by atoms with E-state index in [9.17, 15) is 4.79 Å². The third-order valence-corrected chi connectivity index (χ3v) is 7.35. The molecule has 0 spiro atoms. The number of carbonyl (C=O) groups excluding carboxylic acids is 1. The summed E-state index contributed by atoms with van der Waals surface area (Å²) < 4.78 is 6.41. The molecule has 1 fully saturated rings. The van der Waals surface area contributed by atoms with Crippen molar-refractivity contribution < 1.29 is 9.21 Å². The van der Waals surface area contributed by atoms with Crippen LogP contribution in [0.2, 0.25) is 10.0 Å². The average molecular weight is 566 g/mol. The zero-order valence-electron chi connectivity index (χ0n) is 21.0. The SMILES string of the molecule is Cc1cc(N2C(=S)N[C@H](c3ccccn3)[C@@H]2c2ccc(-c3ccc(Cl)cc3Cl)o2)ccc1NC(=O)C(C)C. The average Bonchev–Trinajstić information content (AvgIpc) is 3.50. The second kappa shape index (κ2) is 10.8. The summed E-state index contributed by atoms with van der Waals surface area (Å²) in [6.07, 6.45) is 1.76. The molecule has 0 saturated carbocycles. The fraction of sp³-hybridized carbons (Fsp3) is 0.207. The van der Waals surface area contributed by atoms with E-state index in [4.69, 9.17) is 39.8 Å². The number of halogens is 2. The van der Waals surface area contributed by atoms with Gasteiger partial charge in [0.1, 0.15) is 17.6 Å². The van der Waals surface area contributed by atoms with Gasteiger partial charge in [-0.3, -0.25) is 9.78 Å². The summed E-state index contributed by atoms with van der Waals surface area (Å²) in [4.78, 5) is 18.9. The standard InChI is InChI=1S/C29H26Cl2N4O2S/c1-16(2)28(36)33-22-10-8-19(14-17(22)3)35-27(26(34-29(35)38)23-6-4-5-13-32-23)25-12-11-24(37-25)20-9-7-18(30)15-21(20)31/h4-16,26-27H,1-3H3,(H,33,36)(H,34,38)/t26-,27+/m1/s1. The Morgan fingerprint density at radius 1 is 1.11 bits per heavy atom. The highest BCUT2D eigenvalue weighted by Crippen LogP contribution is 2.44. The molecule has 0 aliphatic carbocycles. The minimum absolute atomic E-state index is 0.0312. The van der Waals surface area contributed by atoms with Crippen molar-refractivity contribution >= 4 is 57.8 Å². The van der Waals surface area contributed by atoms with Crippen LogP contribution in [0, 0.1) is 12.8 Å². The first kappa shape index (κ1) is 26.2. The van der Waals surface area contributed by atoms with Gasteiger partial charge < -0.3 is 20.0 Å². The summed E-state index contributed by atoms with van der Waals surface area (Å²) >= 11 is 18.4. The van der Waals surface area contributed by atoms with Crippen molar-refractivity contribution in [3.05, 3.63) is 100.0 Å². The van der Waals surface area contributed by atoms with Crippen molar-refractivity contribution in [3.8, 4) is 11.3 Å². The predicted octanol–water partition coefficient (Wildman–Crippen LogP) is 7.73. The number of nitrogens with zero attached hydrogens (tertiary/aromatic N) is 2. The monoisotopic (exact) mass is 564 g/mol. The Labute approximate surface area is 237 Å². The molecular weight excluding hydrogens is 539 g/mol. The van der Waals surface area contributed by atoms with E-state index in [0.29, 0.717) is 26.7 Å². The third kappa shape index (κ3) is 5.14. The highest BCUT2D eigenvalue weighted by molar-refractivity contribution is 7.80. The van der Waals surface area contributed by atoms with Gasteiger partial charge in [0, 0.05) is 34.1 Å². The number of nitrogens with one attached hydrogen (secondary N) is 2. The number of anilines is 2. The lowest BCUT2D eigenvalue weighted by atomic mass is 10.0. The van der Waals surface area contributed by atoms with Gasteiger partial charge in [0.25, 0.3) is 0 Å². The molecule has 6 nitrogen and oxygen atoms in total. The summed E-state index contributed by atoms with van der Waals surface area (Å²) in [6, 6.07) is 20.2. The molecule has 9 heteroatoms. The molecular formula is C29H26Cl2N4O2S. The fourth-order valence-electron chi connectivity index (χ4n) is 4.48. The summed E-state index contributed by atoms with van der Waals surface area (Å²) in [6.45, 7) is 5.69. The Hall–Kier alpha value is -3.39. The highest BCUT2D eigenvalue weighted by Gasteiger charge is 2.42. The maximum Gasteiger partial charge on any atom is 0.226 e. The second-order valence-corrected chi connectivity index (χ2v) is 10.7. The normalized spacial score (nSPS) is 17.1. The predicted molar refractivity (Wildman–Crippen MR) is 157 cm³/mol. The first-order chi connectivity index (χ1) is 18.2. The number of carbonyl (C=O) groups is 1. The van der Waals surface area contributed by atoms with Crippen LogP contribution < -0.4 is 15.5 Å². The van der Waals surface area contributed by atoms with Crippen LogP contribution in [-0.4, -0.2) is 16.0 Å². The summed E-state index contributed by atoms with van der Waals surface area (Å²) in [7, 11) is 0. The van der Waals surface area contributed by atoms with E-state index >= 15 is 0 Å². The number of amides is 1. The fourth-order valence-corrected chi connectivity index (χ4v) is 5.33. The first-order valence-electron chi connectivity index (χ1n) is 12.2. The van der Waals surface area contributed by atoms with Crippen molar-refractivity contribution in [2.45, 2.75) is 32.9 Å². The molecule has 2 aromatic carbocycles. The van der Waals surface area contributed by atoms with Crippen LogP contribution in [0.15, 0.2) is 77.3 Å². The van der Waals surface area contributed by atoms with Crippen LogP contribution >= 0.6 is 35.4 Å². The molecule has 38 heavy (non-hydrogen) atoms. The minimum atomic E-state index is -0.326. The molecule has 1 aliphatic heterocycles. The Balaban J connectivity index is 1.56. The molecule has 1 saturated heterocycles. The largest absolute Gasteiger partial charge is 0.459 e. The van der Waals surface area contributed by atoms with E-state index in [2.05, 4.69) is 15.6 Å². The van der Waals surface area contributed by atoms with Gasteiger partial charge in [-0.1, -0.05) is 43.1 Å². The Bertz CT molecular complexity index is 1510. The van der Waals surface area contributed by atoms with Crippen LogP contribution in [0.3, 0.4) is 0 Å². The number of aryl methyl sites for hydroxylation is 1. The molecule has 1 aliphatic rings. The van der Waals surface area contributed by atoms with E-state index in [1.807, 2.05) is 80.3 Å². The number of rotatable bonds is 6. The molecule has 0 radical (unpaired) electrons. The van der Waals surface area contributed by atoms with Gasteiger partial charge in [0.05, 0.1) is 16.8 Å². The smallest absolute Gasteiger partial charge is 0.226 e. The van der Waals surface area contributed by atoms with Gasteiger partial charge in [-0.05, 0) is 85.4 Å². The van der Waals surface area contributed by atoms with E-state index < -0.39 is 0 Å². The second-order valence-electron chi connectivity index (χ2n) is 9.47. The molecule has 2 atom stereocenters. The maximum atomic E-state index is 12.3. The molecule has 5 rings (SSSR count). The van der Waals surface area contributed by atoms with Gasteiger partial charge in [0.2, 0.25) is 5.91 Å². The van der Waals surface area contributed by atoms with Crippen LogP contribution in [-0.2, 0) is 4.79 Å². The number of pyridine rings is 1. The van der Waals surface area contributed by atoms with Crippen LogP contribution in [0.5, 0.6) is 0 Å². The molecule has 1 amide bonds. The van der Waals surface area contributed by atoms with Crippen LogP contribution in [0.4, 0.5) is 11.4 Å². The van der Waals surface area contributed by atoms with Gasteiger partial charge in [-0.2, -0.15) is 0 Å². The lowest BCUT2D eigenvalue weighted by Gasteiger charge is -2.27. The summed E-state index contributed by atoms with van der Waals surface area (Å²) in [5.74, 6) is 1.18. The van der Waals surface area contributed by atoms with Gasteiger partial charge >= 0.3 is 0 Å². The molecule has 194 valence electrons. The van der Waals surface area contributed by atoms with E-state index in [-0.39, 0.29) is 23.9 Å². The van der Waals surface area contributed by atoms with Crippen molar-refractivity contribution in [2.75, 3.05) is 10.2 Å². The Kier molecular flexibility index (Phi) is 7.43. The molecule has 4 aromatic rings. The first-order valence-corrected chi connectivity index (χ1v) is 13.4. The quantitative estimate of drug-likeness (QED) is 0.233. The van der Waals surface area contributed by atoms with Crippen molar-refractivity contribution in [2.24, 2.45) is 5.92 Å². The lowest BCUT2D eigenvalue weighted by Crippen LogP contribution is -2.29. The van der Waals surface area contributed by atoms with E-state index in [0.717, 1.165) is 28.2 Å². The third-order valence-electron chi connectivity index (χ3n) is 6.48. The number of furan rings is 1. The van der Waals surface area contributed by atoms with Crippen molar-refractivity contribution in [1.82, 2.24) is 10.3 Å². The number of hydrogen-bond acceptors (Lipinski definition) is 4. The number of aromatic nitrogens is 1. The van der Waals surface area contributed by atoms with Crippen molar-refractivity contribution in [1.29, 1.82) is 0 Å². The zero-order valence-corrected chi connectivity index (χ0v) is 23.4. The van der Waals surface area contributed by atoms with Gasteiger partial charge in [-0.25, -0.2) is 0 Å². The Morgan fingerprint density at radius 3 is 2.61 bits per heavy atom. The Morgan fingerprint density at radius 2 is 1.92 bits per heavy atom. The van der Waals surface area contributed by atoms with Crippen molar-refractivity contribution in [3.63, 3.8) is 0 Å². The highest BCUT2D eigenvalue weighted by atomic mass is 35.5. The number of benzene rings is 2. The zero-order chi connectivity index (χ0) is 27.0. The topological polar surface area (TPSA) is 70.4 Å². The summed E-state index contributed by atoms with van der Waals surface area (Å²) in [5.41, 5.74) is 4.14. The van der Waals surface area contributed by atoms with Gasteiger partial charge in [0.15, 0.2) is 5.11 Å². The number of hydrogen-bond donors (Lipinski definition) is 2. The maximum absolute atomic E-state index is 12.3. The summed E-state index contributed by atoms with van der Waals surface area (Å²) in [5, 5.41) is 8.04. The molecule has 3 heterocycles. The molecule has 2 aromatic heterocycles. The van der Waals surface area contributed by atoms with Gasteiger partial charge in [-0.15, -0.1) is 0 Å². The van der Waals surface area contributed by atoms with E-state index in [1.54, 1.807) is 18.3 Å². The van der Waals surface area contributed by atoms with E-state index in [1.165, 1.54) is 0 Å². The molecule has 2 N–H and O–H groups in total. The van der Waals surface area contributed by atoms with Crippen LogP contribution in [0.1, 0.15) is 42.9 Å². The molecule has 0 unspecified atom stereocenters. The minimum Gasteiger partial charge on any atom is -0.459 e.